The van der Waals surface area contributed by atoms with Crippen LogP contribution < -0.4 is 10.6 Å². The number of benzene rings is 1. The van der Waals surface area contributed by atoms with E-state index in [9.17, 15) is 0 Å². The van der Waals surface area contributed by atoms with Crippen LogP contribution in [0.15, 0.2) is 24.3 Å². The summed E-state index contributed by atoms with van der Waals surface area (Å²) in [5, 5.41) is 0. The fourth-order valence-electron chi connectivity index (χ4n) is 3.88. The number of hydrogen-bond acceptors (Lipinski definition) is 2. The van der Waals surface area contributed by atoms with E-state index < -0.39 is 0 Å². The average molecular weight is 258 g/mol. The third kappa shape index (κ3) is 2.79. The lowest BCUT2D eigenvalue weighted by Crippen LogP contribution is -2.39. The highest BCUT2D eigenvalue weighted by molar-refractivity contribution is 5.59. The molecule has 0 aromatic heterocycles. The van der Waals surface area contributed by atoms with Crippen LogP contribution >= 0.6 is 0 Å². The average Bonchev–Trinajstić information content (AvgIpc) is 2.99. The lowest BCUT2D eigenvalue weighted by molar-refractivity contribution is 0.466. The largest absolute Gasteiger partial charge is 0.368 e. The molecule has 1 heterocycles. The van der Waals surface area contributed by atoms with E-state index >= 15 is 0 Å². The van der Waals surface area contributed by atoms with Crippen LogP contribution in [0, 0.1) is 5.92 Å². The molecule has 1 aromatic rings. The summed E-state index contributed by atoms with van der Waals surface area (Å²) < 4.78 is 0. The Hall–Kier alpha value is -1.02. The molecular weight excluding hydrogens is 232 g/mol. The summed E-state index contributed by atoms with van der Waals surface area (Å²) in [5.74, 6) is 0.904. The molecule has 0 spiro atoms. The molecule has 0 radical (unpaired) electrons. The molecule has 104 valence electrons. The zero-order valence-corrected chi connectivity index (χ0v) is 12.0. The van der Waals surface area contributed by atoms with E-state index in [2.05, 4.69) is 36.1 Å². The molecule has 3 rings (SSSR count). The number of fused-ring (bicyclic) bond motifs is 1. The van der Waals surface area contributed by atoms with E-state index in [1.165, 1.54) is 49.9 Å². The first-order valence-corrected chi connectivity index (χ1v) is 7.84. The summed E-state index contributed by atoms with van der Waals surface area (Å²) in [6.45, 7) is 3.38. The summed E-state index contributed by atoms with van der Waals surface area (Å²) >= 11 is 0. The molecule has 1 aliphatic carbocycles. The van der Waals surface area contributed by atoms with Crippen LogP contribution in [0.5, 0.6) is 0 Å². The van der Waals surface area contributed by atoms with E-state index in [0.29, 0.717) is 12.1 Å². The Balaban J connectivity index is 1.78. The van der Waals surface area contributed by atoms with E-state index in [1.807, 2.05) is 0 Å². The van der Waals surface area contributed by atoms with Crippen molar-refractivity contribution in [1.29, 1.82) is 0 Å². The van der Waals surface area contributed by atoms with Gasteiger partial charge in [0.2, 0.25) is 0 Å². The number of hydrogen-bond donors (Lipinski definition) is 1. The SMILES string of the molecule is CC(N)CC1Cc2ccccc2N1CC1CCCC1. The Bertz CT molecular complexity index is 421. The van der Waals surface area contributed by atoms with Crippen molar-refractivity contribution < 1.29 is 0 Å². The lowest BCUT2D eigenvalue weighted by atomic mass is 10.0. The molecule has 1 fully saturated rings. The predicted molar refractivity (Wildman–Crippen MR) is 81.5 cm³/mol. The standard InChI is InChI=1S/C17H26N2/c1-13(18)10-16-11-15-8-4-5-9-17(15)19(16)12-14-6-2-3-7-14/h4-5,8-9,13-14,16H,2-3,6-7,10-12,18H2,1H3. The van der Waals surface area contributed by atoms with Gasteiger partial charge in [-0.25, -0.2) is 0 Å². The zero-order chi connectivity index (χ0) is 13.2. The van der Waals surface area contributed by atoms with Crippen molar-refractivity contribution in [2.24, 2.45) is 11.7 Å². The van der Waals surface area contributed by atoms with Gasteiger partial charge in [-0.15, -0.1) is 0 Å². The molecule has 1 saturated carbocycles. The number of nitrogens with zero attached hydrogens (tertiary/aromatic N) is 1. The van der Waals surface area contributed by atoms with Gasteiger partial charge in [-0.2, -0.15) is 0 Å². The van der Waals surface area contributed by atoms with Gasteiger partial charge in [-0.05, 0) is 50.2 Å². The Morgan fingerprint density at radius 1 is 1.26 bits per heavy atom. The first-order valence-electron chi connectivity index (χ1n) is 7.84. The molecule has 0 saturated heterocycles. The number of para-hydroxylation sites is 1. The second-order valence-electron chi connectivity index (χ2n) is 6.50. The fraction of sp³-hybridized carbons (Fsp3) is 0.647. The quantitative estimate of drug-likeness (QED) is 0.897. The second-order valence-corrected chi connectivity index (χ2v) is 6.50. The van der Waals surface area contributed by atoms with Gasteiger partial charge in [-0.3, -0.25) is 0 Å². The Labute approximate surface area is 117 Å². The molecular formula is C17H26N2. The van der Waals surface area contributed by atoms with Crippen LogP contribution in [0.4, 0.5) is 5.69 Å². The van der Waals surface area contributed by atoms with Gasteiger partial charge in [0, 0.05) is 24.3 Å². The van der Waals surface area contributed by atoms with Gasteiger partial charge in [0.05, 0.1) is 0 Å². The summed E-state index contributed by atoms with van der Waals surface area (Å²) in [6.07, 6.45) is 8.00. The number of nitrogens with two attached hydrogens (primary N) is 1. The number of rotatable bonds is 4. The molecule has 2 heteroatoms. The summed E-state index contributed by atoms with van der Waals surface area (Å²) in [6, 6.07) is 9.85. The van der Waals surface area contributed by atoms with E-state index in [1.54, 1.807) is 0 Å². The molecule has 2 atom stereocenters. The predicted octanol–water partition coefficient (Wildman–Crippen LogP) is 3.35. The molecule has 1 aliphatic heterocycles. The highest BCUT2D eigenvalue weighted by atomic mass is 15.2. The van der Waals surface area contributed by atoms with Crippen LogP contribution in [0.1, 0.15) is 44.6 Å². The lowest BCUT2D eigenvalue weighted by Gasteiger charge is -2.31. The molecule has 2 N–H and O–H groups in total. The Morgan fingerprint density at radius 3 is 2.74 bits per heavy atom. The van der Waals surface area contributed by atoms with Crippen molar-refractivity contribution in [2.75, 3.05) is 11.4 Å². The minimum atomic E-state index is 0.297. The van der Waals surface area contributed by atoms with Gasteiger partial charge in [0.15, 0.2) is 0 Å². The Morgan fingerprint density at radius 2 is 2.00 bits per heavy atom. The molecule has 19 heavy (non-hydrogen) atoms. The number of anilines is 1. The van der Waals surface area contributed by atoms with Crippen molar-refractivity contribution in [3.05, 3.63) is 29.8 Å². The highest BCUT2D eigenvalue weighted by Gasteiger charge is 2.31. The van der Waals surface area contributed by atoms with Crippen molar-refractivity contribution in [3.63, 3.8) is 0 Å². The second kappa shape index (κ2) is 5.54. The fourth-order valence-corrected chi connectivity index (χ4v) is 3.88. The summed E-state index contributed by atoms with van der Waals surface area (Å²) in [4.78, 5) is 2.66. The van der Waals surface area contributed by atoms with Crippen LogP contribution in [0.25, 0.3) is 0 Å². The van der Waals surface area contributed by atoms with Gasteiger partial charge in [0.25, 0.3) is 0 Å². The third-order valence-corrected chi connectivity index (χ3v) is 4.77. The van der Waals surface area contributed by atoms with Gasteiger partial charge in [-0.1, -0.05) is 31.0 Å². The summed E-state index contributed by atoms with van der Waals surface area (Å²) in [5.41, 5.74) is 9.04. The van der Waals surface area contributed by atoms with Gasteiger partial charge < -0.3 is 10.6 Å². The monoisotopic (exact) mass is 258 g/mol. The highest BCUT2D eigenvalue weighted by Crippen LogP contribution is 2.36. The van der Waals surface area contributed by atoms with Gasteiger partial charge >= 0.3 is 0 Å². The maximum atomic E-state index is 6.05. The molecule has 2 nitrogen and oxygen atoms in total. The molecule has 0 bridgehead atoms. The molecule has 1 aromatic carbocycles. The van der Waals surface area contributed by atoms with Crippen LogP contribution in [0.3, 0.4) is 0 Å². The van der Waals surface area contributed by atoms with Crippen molar-refractivity contribution in [3.8, 4) is 0 Å². The molecule has 2 aliphatic rings. The Kier molecular flexibility index (Phi) is 3.79. The molecule has 0 amide bonds. The van der Waals surface area contributed by atoms with Crippen molar-refractivity contribution in [1.82, 2.24) is 0 Å². The minimum absolute atomic E-state index is 0.297. The molecule has 2 unspecified atom stereocenters. The topological polar surface area (TPSA) is 29.3 Å². The van der Waals surface area contributed by atoms with E-state index in [4.69, 9.17) is 5.73 Å². The third-order valence-electron chi connectivity index (χ3n) is 4.77. The maximum absolute atomic E-state index is 6.05. The van der Waals surface area contributed by atoms with Crippen molar-refractivity contribution >= 4 is 5.69 Å². The van der Waals surface area contributed by atoms with E-state index in [-0.39, 0.29) is 0 Å². The first-order chi connectivity index (χ1) is 9.24. The smallest absolute Gasteiger partial charge is 0.0402 e. The minimum Gasteiger partial charge on any atom is -0.368 e. The zero-order valence-electron chi connectivity index (χ0n) is 12.0. The van der Waals surface area contributed by atoms with Crippen LogP contribution in [-0.2, 0) is 6.42 Å². The van der Waals surface area contributed by atoms with Crippen molar-refractivity contribution in [2.45, 2.75) is 57.5 Å². The first kappa shape index (κ1) is 13.0. The maximum Gasteiger partial charge on any atom is 0.0402 e. The van der Waals surface area contributed by atoms with E-state index in [0.717, 1.165) is 12.3 Å². The van der Waals surface area contributed by atoms with Gasteiger partial charge in [0.1, 0.15) is 0 Å². The summed E-state index contributed by atoms with van der Waals surface area (Å²) in [7, 11) is 0. The van der Waals surface area contributed by atoms with Crippen LogP contribution in [0.2, 0.25) is 0 Å². The van der Waals surface area contributed by atoms with Crippen LogP contribution in [-0.4, -0.2) is 18.6 Å². The normalized spacial score (nSPS) is 24.7.